The van der Waals surface area contributed by atoms with Crippen molar-refractivity contribution in [2.45, 2.75) is 262 Å². The lowest BCUT2D eigenvalue weighted by Crippen LogP contribution is -2.60. The summed E-state index contributed by atoms with van der Waals surface area (Å²) in [4.78, 5) is 13.0. The van der Waals surface area contributed by atoms with Crippen molar-refractivity contribution >= 4 is 5.91 Å². The molecule has 1 aliphatic heterocycles. The number of ether oxygens (including phenoxy) is 2. The van der Waals surface area contributed by atoms with Crippen LogP contribution >= 0.6 is 0 Å². The minimum Gasteiger partial charge on any atom is -0.394 e. The zero-order valence-electron chi connectivity index (χ0n) is 36.9. The van der Waals surface area contributed by atoms with Crippen molar-refractivity contribution in [1.29, 1.82) is 0 Å². The lowest BCUT2D eigenvalue weighted by Gasteiger charge is -2.40. The molecule has 0 aliphatic carbocycles. The zero-order chi connectivity index (χ0) is 41.6. The van der Waals surface area contributed by atoms with E-state index in [0.29, 0.717) is 6.42 Å². The molecule has 0 aromatic heterocycles. The number of carbonyl (C=O) groups is 1. The molecule has 336 valence electrons. The van der Waals surface area contributed by atoms with Crippen LogP contribution in [0.25, 0.3) is 0 Å². The van der Waals surface area contributed by atoms with E-state index in [9.17, 15) is 30.3 Å². The SMILES string of the molecule is CCCCCCCC/C=C/CCCCCCCCCCCCCC(=O)N[C@@H](CO[C@H]1O[C@@H](CO)[C@H](O)C(O)C1O)[C@H](O)/C=C/CCCCCCCCCCCCC. The third kappa shape index (κ3) is 29.5. The van der Waals surface area contributed by atoms with E-state index in [2.05, 4.69) is 31.3 Å². The monoisotopic (exact) mass is 810 g/mol. The van der Waals surface area contributed by atoms with Gasteiger partial charge in [-0.2, -0.15) is 0 Å². The Labute approximate surface area is 349 Å². The average Bonchev–Trinajstić information content (AvgIpc) is 3.21. The average molecular weight is 810 g/mol. The third-order valence-corrected chi connectivity index (χ3v) is 11.5. The Kier molecular flexibility index (Phi) is 36.6. The van der Waals surface area contributed by atoms with Crippen LogP contribution in [0, 0.1) is 0 Å². The molecule has 1 amide bonds. The molecule has 6 N–H and O–H groups in total. The first-order valence-corrected chi connectivity index (χ1v) is 24.1. The number of hydrogen-bond donors (Lipinski definition) is 6. The molecular formula is C48H91NO8. The number of nitrogens with one attached hydrogen (secondary N) is 1. The van der Waals surface area contributed by atoms with E-state index in [1.165, 1.54) is 161 Å². The van der Waals surface area contributed by atoms with Gasteiger partial charge >= 0.3 is 0 Å². The molecule has 1 heterocycles. The van der Waals surface area contributed by atoms with Gasteiger partial charge in [0.1, 0.15) is 24.4 Å². The highest BCUT2D eigenvalue weighted by Crippen LogP contribution is 2.23. The van der Waals surface area contributed by atoms with Gasteiger partial charge in [0.15, 0.2) is 6.29 Å². The Morgan fingerprint density at radius 3 is 1.42 bits per heavy atom. The fourth-order valence-corrected chi connectivity index (χ4v) is 7.62. The van der Waals surface area contributed by atoms with E-state index in [0.717, 1.165) is 38.5 Å². The summed E-state index contributed by atoms with van der Waals surface area (Å²) in [6.45, 7) is 3.77. The Morgan fingerprint density at radius 2 is 0.982 bits per heavy atom. The number of amides is 1. The summed E-state index contributed by atoms with van der Waals surface area (Å²) in [6.07, 6.45) is 39.3. The van der Waals surface area contributed by atoms with Gasteiger partial charge in [0.2, 0.25) is 5.91 Å². The van der Waals surface area contributed by atoms with Gasteiger partial charge in [-0.1, -0.05) is 192 Å². The van der Waals surface area contributed by atoms with Crippen molar-refractivity contribution in [3.8, 4) is 0 Å². The van der Waals surface area contributed by atoms with Gasteiger partial charge in [-0.15, -0.1) is 0 Å². The largest absolute Gasteiger partial charge is 0.394 e. The maximum absolute atomic E-state index is 13.0. The molecule has 9 heteroatoms. The molecule has 0 aromatic rings. The number of unbranched alkanes of at least 4 members (excludes halogenated alkanes) is 28. The van der Waals surface area contributed by atoms with Crippen molar-refractivity contribution in [3.05, 3.63) is 24.3 Å². The van der Waals surface area contributed by atoms with E-state index >= 15 is 0 Å². The second-order valence-electron chi connectivity index (χ2n) is 16.9. The second kappa shape index (κ2) is 38.8. The van der Waals surface area contributed by atoms with Crippen LogP contribution in [0.3, 0.4) is 0 Å². The van der Waals surface area contributed by atoms with E-state index in [-0.39, 0.29) is 12.5 Å². The van der Waals surface area contributed by atoms with Crippen LogP contribution in [0.4, 0.5) is 0 Å². The summed E-state index contributed by atoms with van der Waals surface area (Å²) in [5.41, 5.74) is 0. The smallest absolute Gasteiger partial charge is 0.220 e. The van der Waals surface area contributed by atoms with Crippen molar-refractivity contribution in [2.75, 3.05) is 13.2 Å². The highest BCUT2D eigenvalue weighted by atomic mass is 16.7. The van der Waals surface area contributed by atoms with Gasteiger partial charge in [0.05, 0.1) is 25.4 Å². The van der Waals surface area contributed by atoms with Crippen molar-refractivity contribution in [1.82, 2.24) is 5.32 Å². The van der Waals surface area contributed by atoms with Gasteiger partial charge in [-0.25, -0.2) is 0 Å². The lowest BCUT2D eigenvalue weighted by molar-refractivity contribution is -0.302. The van der Waals surface area contributed by atoms with E-state index in [4.69, 9.17) is 9.47 Å². The molecule has 7 atom stereocenters. The first-order valence-electron chi connectivity index (χ1n) is 24.1. The molecule has 0 radical (unpaired) electrons. The lowest BCUT2D eigenvalue weighted by atomic mass is 9.99. The van der Waals surface area contributed by atoms with Crippen LogP contribution in [0.15, 0.2) is 24.3 Å². The van der Waals surface area contributed by atoms with Crippen molar-refractivity contribution in [3.63, 3.8) is 0 Å². The maximum Gasteiger partial charge on any atom is 0.220 e. The van der Waals surface area contributed by atoms with Gasteiger partial charge < -0.3 is 40.3 Å². The molecule has 57 heavy (non-hydrogen) atoms. The van der Waals surface area contributed by atoms with Crippen LogP contribution in [0.2, 0.25) is 0 Å². The van der Waals surface area contributed by atoms with Gasteiger partial charge in [0.25, 0.3) is 0 Å². The fraction of sp³-hybridized carbons (Fsp3) is 0.896. The summed E-state index contributed by atoms with van der Waals surface area (Å²) < 4.78 is 11.2. The quantitative estimate of drug-likeness (QED) is 0.0265. The molecule has 1 aliphatic rings. The normalized spacial score (nSPS) is 21.1. The highest BCUT2D eigenvalue weighted by molar-refractivity contribution is 5.76. The Balaban J connectivity index is 2.29. The summed E-state index contributed by atoms with van der Waals surface area (Å²) in [6, 6.07) is -0.801. The van der Waals surface area contributed by atoms with Crippen LogP contribution < -0.4 is 5.32 Å². The number of hydrogen-bond acceptors (Lipinski definition) is 8. The second-order valence-corrected chi connectivity index (χ2v) is 16.9. The van der Waals surface area contributed by atoms with Crippen LogP contribution in [0.5, 0.6) is 0 Å². The number of allylic oxidation sites excluding steroid dienone is 3. The van der Waals surface area contributed by atoms with Crippen LogP contribution in [0.1, 0.15) is 219 Å². The molecule has 0 bridgehead atoms. The van der Waals surface area contributed by atoms with E-state index in [1.54, 1.807) is 6.08 Å². The molecule has 9 nitrogen and oxygen atoms in total. The Bertz CT molecular complexity index is 945. The molecule has 1 saturated heterocycles. The predicted octanol–water partition coefficient (Wildman–Crippen LogP) is 10.3. The van der Waals surface area contributed by atoms with Crippen molar-refractivity contribution < 1.29 is 39.8 Å². The first-order chi connectivity index (χ1) is 27.8. The van der Waals surface area contributed by atoms with E-state index in [1.807, 2.05) is 6.08 Å². The van der Waals surface area contributed by atoms with Gasteiger partial charge in [0, 0.05) is 6.42 Å². The zero-order valence-corrected chi connectivity index (χ0v) is 36.9. The van der Waals surface area contributed by atoms with E-state index < -0.39 is 49.5 Å². The highest BCUT2D eigenvalue weighted by Gasteiger charge is 2.44. The molecule has 1 fully saturated rings. The van der Waals surface area contributed by atoms with Crippen molar-refractivity contribution in [2.24, 2.45) is 0 Å². The topological polar surface area (TPSA) is 149 Å². The van der Waals surface area contributed by atoms with Crippen LogP contribution in [-0.4, -0.2) is 87.5 Å². The predicted molar refractivity (Wildman–Crippen MR) is 235 cm³/mol. The maximum atomic E-state index is 13.0. The number of aliphatic hydroxyl groups is 5. The molecule has 1 rings (SSSR count). The summed E-state index contributed by atoms with van der Waals surface area (Å²) in [5.74, 6) is -0.177. The molecule has 0 spiro atoms. The molecule has 0 saturated carbocycles. The molecular weight excluding hydrogens is 719 g/mol. The third-order valence-electron chi connectivity index (χ3n) is 11.5. The molecule has 2 unspecified atom stereocenters. The Morgan fingerprint density at radius 1 is 0.579 bits per heavy atom. The van der Waals surface area contributed by atoms with Crippen LogP contribution in [-0.2, 0) is 14.3 Å². The number of rotatable bonds is 40. The standard InChI is InChI=1S/C48H91NO8/c1-3-5-7-9-11-13-15-17-18-19-20-21-22-23-24-26-28-30-32-34-36-38-44(52)49-41(40-56-48-47(55)46(54)45(53)43(39-50)57-48)42(51)37-35-33-31-29-27-25-16-14-12-10-8-6-4-2/h17-18,35,37,41-43,45-48,50-51,53-55H,3-16,19-34,36,38-40H2,1-2H3,(H,49,52)/b18-17+,37-35+/t41-,42+,43-,45-,46?,47?,48-/m0/s1. The number of aliphatic hydroxyl groups excluding tert-OH is 5. The summed E-state index contributed by atoms with van der Waals surface area (Å²) >= 11 is 0. The minimum atomic E-state index is -1.56. The minimum absolute atomic E-state index is 0.177. The fourth-order valence-electron chi connectivity index (χ4n) is 7.62. The number of carbonyl (C=O) groups excluding carboxylic acids is 1. The Hall–Kier alpha value is -1.33. The summed E-state index contributed by atoms with van der Waals surface area (Å²) in [7, 11) is 0. The molecule has 0 aromatic carbocycles. The van der Waals surface area contributed by atoms with Gasteiger partial charge in [-0.3, -0.25) is 4.79 Å². The van der Waals surface area contributed by atoms with Gasteiger partial charge in [-0.05, 0) is 44.9 Å². The first kappa shape index (κ1) is 53.7. The summed E-state index contributed by atoms with van der Waals surface area (Å²) in [5, 5.41) is 54.2.